The quantitative estimate of drug-likeness (QED) is 0.343. The van der Waals surface area contributed by atoms with Crippen LogP contribution < -0.4 is 15.4 Å². The highest BCUT2D eigenvalue weighted by Crippen LogP contribution is 2.36. The maximum absolute atomic E-state index is 14.1. The topological polar surface area (TPSA) is 81.1 Å². The van der Waals surface area contributed by atoms with Crippen LogP contribution in [0.15, 0.2) is 84.3 Å². The first-order valence-electron chi connectivity index (χ1n) is 11.3. The van der Waals surface area contributed by atoms with Crippen molar-refractivity contribution in [1.82, 2.24) is 14.8 Å². The summed E-state index contributed by atoms with van der Waals surface area (Å²) in [6.45, 7) is 3.78. The van der Waals surface area contributed by atoms with Gasteiger partial charge in [-0.2, -0.15) is 10.1 Å². The van der Waals surface area contributed by atoms with E-state index in [0.717, 1.165) is 16.8 Å². The fourth-order valence-electron chi connectivity index (χ4n) is 4.17. The maximum Gasteiger partial charge on any atom is 0.255 e. The van der Waals surface area contributed by atoms with Gasteiger partial charge in [-0.25, -0.2) is 9.07 Å². The third-order valence-corrected chi connectivity index (χ3v) is 6.43. The van der Waals surface area contributed by atoms with Crippen LogP contribution in [-0.2, 0) is 11.4 Å². The van der Waals surface area contributed by atoms with Crippen LogP contribution in [-0.4, -0.2) is 20.7 Å². The molecule has 1 aromatic heterocycles. The summed E-state index contributed by atoms with van der Waals surface area (Å²) in [7, 11) is 0. The van der Waals surface area contributed by atoms with Crippen molar-refractivity contribution in [2.45, 2.75) is 26.5 Å². The van der Waals surface area contributed by atoms with Gasteiger partial charge in [0.05, 0.1) is 10.6 Å². The Balaban J connectivity index is 1.42. The standard InChI is InChI=1S/C27H23ClFN5O2/c1-16-6-3-4-9-23(16)33-26(35)24-17(2)32-27-30-15-31-34(27)25(24)18-10-12-19(13-11-18)36-14-20-21(28)7-5-8-22(20)29/h3-13,15,25H,14H2,1-2H3,(H,33,35)(H,30,31,32)/t25-/m1/s1. The molecular formula is C27H23ClFN5O2. The van der Waals surface area contributed by atoms with Crippen molar-refractivity contribution in [3.05, 3.63) is 112 Å². The lowest BCUT2D eigenvalue weighted by Gasteiger charge is -2.29. The van der Waals surface area contributed by atoms with E-state index in [1.807, 2.05) is 50.2 Å². The third-order valence-electron chi connectivity index (χ3n) is 6.07. The number of aryl methyl sites for hydroxylation is 1. The number of nitrogens with one attached hydrogen (secondary N) is 2. The van der Waals surface area contributed by atoms with Crippen molar-refractivity contribution in [2.75, 3.05) is 10.6 Å². The predicted octanol–water partition coefficient (Wildman–Crippen LogP) is 5.89. The Morgan fingerprint density at radius 1 is 1.11 bits per heavy atom. The molecular weight excluding hydrogens is 481 g/mol. The van der Waals surface area contributed by atoms with Crippen LogP contribution in [0.1, 0.15) is 29.7 Å². The summed E-state index contributed by atoms with van der Waals surface area (Å²) in [6, 6.07) is 18.9. The highest BCUT2D eigenvalue weighted by atomic mass is 35.5. The van der Waals surface area contributed by atoms with Gasteiger partial charge in [-0.3, -0.25) is 4.79 Å². The fourth-order valence-corrected chi connectivity index (χ4v) is 4.39. The first-order chi connectivity index (χ1) is 17.4. The highest BCUT2D eigenvalue weighted by Gasteiger charge is 2.33. The molecule has 1 aliphatic heterocycles. The molecule has 3 aromatic carbocycles. The molecule has 5 rings (SSSR count). The van der Waals surface area contributed by atoms with Gasteiger partial charge < -0.3 is 15.4 Å². The number of anilines is 2. The minimum Gasteiger partial charge on any atom is -0.489 e. The summed E-state index contributed by atoms with van der Waals surface area (Å²) < 4.78 is 21.5. The number of ether oxygens (including phenoxy) is 1. The number of fused-ring (bicyclic) bond motifs is 1. The minimum atomic E-state index is -0.511. The summed E-state index contributed by atoms with van der Waals surface area (Å²) in [5.41, 5.74) is 4.00. The van der Waals surface area contributed by atoms with Gasteiger partial charge >= 0.3 is 0 Å². The molecule has 0 radical (unpaired) electrons. The molecule has 182 valence electrons. The summed E-state index contributed by atoms with van der Waals surface area (Å²) >= 11 is 6.10. The zero-order chi connectivity index (χ0) is 25.2. The lowest BCUT2D eigenvalue weighted by atomic mass is 9.95. The first-order valence-corrected chi connectivity index (χ1v) is 11.7. The minimum absolute atomic E-state index is 0.00544. The van der Waals surface area contributed by atoms with E-state index >= 15 is 0 Å². The van der Waals surface area contributed by atoms with Crippen LogP contribution >= 0.6 is 11.6 Å². The SMILES string of the molecule is CC1=C(C(=O)Nc2ccccc2C)[C@@H](c2ccc(OCc3c(F)cccc3Cl)cc2)n2ncnc2N1. The van der Waals surface area contributed by atoms with Crippen LogP contribution in [0.4, 0.5) is 16.0 Å². The number of aromatic nitrogens is 3. The molecule has 2 N–H and O–H groups in total. The van der Waals surface area contributed by atoms with E-state index in [-0.39, 0.29) is 12.5 Å². The van der Waals surface area contributed by atoms with Gasteiger partial charge in [-0.1, -0.05) is 48.0 Å². The predicted molar refractivity (Wildman–Crippen MR) is 136 cm³/mol. The summed E-state index contributed by atoms with van der Waals surface area (Å²) in [6.07, 6.45) is 1.44. The Morgan fingerprint density at radius 3 is 2.64 bits per heavy atom. The normalized spacial score (nSPS) is 14.7. The molecule has 0 saturated heterocycles. The molecule has 1 aliphatic rings. The number of para-hydroxylation sites is 1. The summed E-state index contributed by atoms with van der Waals surface area (Å²) in [4.78, 5) is 17.8. The number of rotatable bonds is 6. The van der Waals surface area contributed by atoms with Gasteiger partial charge in [0.25, 0.3) is 5.91 Å². The van der Waals surface area contributed by atoms with Crippen LogP contribution in [0.3, 0.4) is 0 Å². The Kier molecular flexibility index (Phi) is 6.43. The van der Waals surface area contributed by atoms with Gasteiger partial charge in [0.15, 0.2) is 0 Å². The molecule has 1 atom stereocenters. The number of amides is 1. The second-order valence-corrected chi connectivity index (χ2v) is 8.83. The molecule has 0 aliphatic carbocycles. The molecule has 0 fully saturated rings. The Hall–Kier alpha value is -4.17. The van der Waals surface area contributed by atoms with Crippen LogP contribution in [0.5, 0.6) is 5.75 Å². The average Bonchev–Trinajstić information content (AvgIpc) is 3.33. The first kappa shape index (κ1) is 23.6. The zero-order valence-electron chi connectivity index (χ0n) is 19.6. The van der Waals surface area contributed by atoms with Crippen molar-refractivity contribution < 1.29 is 13.9 Å². The molecule has 0 spiro atoms. The molecule has 9 heteroatoms. The fraction of sp³-hybridized carbons (Fsp3) is 0.148. The van der Waals surface area contributed by atoms with Crippen molar-refractivity contribution >= 4 is 29.1 Å². The number of halogens is 2. The lowest BCUT2D eigenvalue weighted by molar-refractivity contribution is -0.113. The van der Waals surface area contributed by atoms with Gasteiger partial charge in [-0.15, -0.1) is 0 Å². The van der Waals surface area contributed by atoms with Crippen LogP contribution in [0, 0.1) is 12.7 Å². The van der Waals surface area contributed by atoms with Crippen molar-refractivity contribution in [2.24, 2.45) is 0 Å². The number of benzene rings is 3. The Morgan fingerprint density at radius 2 is 1.89 bits per heavy atom. The highest BCUT2D eigenvalue weighted by molar-refractivity contribution is 6.31. The molecule has 0 unspecified atom stereocenters. The molecule has 0 saturated carbocycles. The summed E-state index contributed by atoms with van der Waals surface area (Å²) in [5, 5.41) is 10.9. The number of allylic oxidation sites excluding steroid dienone is 1. The second-order valence-electron chi connectivity index (χ2n) is 8.42. The molecule has 1 amide bonds. The van der Waals surface area contributed by atoms with E-state index in [4.69, 9.17) is 16.3 Å². The van der Waals surface area contributed by atoms with E-state index < -0.39 is 11.9 Å². The number of hydrogen-bond acceptors (Lipinski definition) is 5. The largest absolute Gasteiger partial charge is 0.489 e. The van der Waals surface area contributed by atoms with Gasteiger partial charge in [0, 0.05) is 16.9 Å². The molecule has 0 bridgehead atoms. The monoisotopic (exact) mass is 503 g/mol. The number of carbonyl (C=O) groups excluding carboxylic acids is 1. The lowest BCUT2D eigenvalue weighted by Crippen LogP contribution is -2.31. The van der Waals surface area contributed by atoms with E-state index in [9.17, 15) is 9.18 Å². The second kappa shape index (κ2) is 9.83. The van der Waals surface area contributed by atoms with E-state index in [0.29, 0.717) is 33.6 Å². The van der Waals surface area contributed by atoms with Crippen molar-refractivity contribution in [3.63, 3.8) is 0 Å². The third kappa shape index (κ3) is 4.55. The Bertz CT molecular complexity index is 1450. The number of carbonyl (C=O) groups is 1. The van der Waals surface area contributed by atoms with Crippen molar-refractivity contribution in [1.29, 1.82) is 0 Å². The molecule has 7 nitrogen and oxygen atoms in total. The van der Waals surface area contributed by atoms with Gasteiger partial charge in [-0.05, 0) is 55.3 Å². The molecule has 36 heavy (non-hydrogen) atoms. The molecule has 2 heterocycles. The number of hydrogen-bond donors (Lipinski definition) is 2. The summed E-state index contributed by atoms with van der Waals surface area (Å²) in [5.74, 6) is 0.421. The van der Waals surface area contributed by atoms with E-state index in [2.05, 4.69) is 20.7 Å². The maximum atomic E-state index is 14.1. The zero-order valence-corrected chi connectivity index (χ0v) is 20.4. The van der Waals surface area contributed by atoms with Gasteiger partial charge in [0.1, 0.15) is 30.5 Å². The smallest absolute Gasteiger partial charge is 0.255 e. The van der Waals surface area contributed by atoms with Crippen LogP contribution in [0.2, 0.25) is 5.02 Å². The number of nitrogens with zero attached hydrogens (tertiary/aromatic N) is 3. The van der Waals surface area contributed by atoms with Crippen LogP contribution in [0.25, 0.3) is 0 Å². The molecule has 4 aromatic rings. The van der Waals surface area contributed by atoms with E-state index in [1.165, 1.54) is 12.4 Å². The average molecular weight is 504 g/mol. The van der Waals surface area contributed by atoms with Crippen molar-refractivity contribution in [3.8, 4) is 5.75 Å². The van der Waals surface area contributed by atoms with Gasteiger partial charge in [0.2, 0.25) is 5.95 Å². The Labute approximate surface area is 212 Å². The van der Waals surface area contributed by atoms with E-state index in [1.54, 1.807) is 28.9 Å².